The van der Waals surface area contributed by atoms with Gasteiger partial charge in [0.05, 0.1) is 16.9 Å². The quantitative estimate of drug-likeness (QED) is 0.515. The van der Waals surface area contributed by atoms with E-state index in [4.69, 9.17) is 9.72 Å². The summed E-state index contributed by atoms with van der Waals surface area (Å²) in [6, 6.07) is 16.5. The second kappa shape index (κ2) is 8.45. The minimum Gasteiger partial charge on any atom is -0.439 e. The van der Waals surface area contributed by atoms with Crippen molar-refractivity contribution in [2.45, 2.75) is 19.0 Å². The van der Waals surface area contributed by atoms with E-state index in [0.29, 0.717) is 11.9 Å². The lowest BCUT2D eigenvalue weighted by Gasteiger charge is -2.23. The van der Waals surface area contributed by atoms with Crippen LogP contribution in [0.3, 0.4) is 0 Å². The van der Waals surface area contributed by atoms with Gasteiger partial charge in [-0.2, -0.15) is 5.10 Å². The molecule has 1 N–H and O–H groups in total. The van der Waals surface area contributed by atoms with Gasteiger partial charge >= 0.3 is 0 Å². The molecule has 4 aromatic rings. The first kappa shape index (κ1) is 19.7. The first-order chi connectivity index (χ1) is 15.1. The molecule has 158 valence electrons. The highest BCUT2D eigenvalue weighted by Gasteiger charge is 2.23. The van der Waals surface area contributed by atoms with Crippen molar-refractivity contribution in [2.24, 2.45) is 0 Å². The Bertz CT molecular complexity index is 1160. The van der Waals surface area contributed by atoms with E-state index in [1.54, 1.807) is 12.4 Å². The fourth-order valence-corrected chi connectivity index (χ4v) is 4.09. The molecule has 3 aromatic heterocycles. The first-order valence-corrected chi connectivity index (χ1v) is 10.6. The molecule has 1 atom stereocenters. The van der Waals surface area contributed by atoms with Gasteiger partial charge in [-0.1, -0.05) is 6.07 Å². The highest BCUT2D eigenvalue weighted by Crippen LogP contribution is 2.26. The monoisotopic (exact) mass is 414 g/mol. The van der Waals surface area contributed by atoms with Crippen LogP contribution < -0.4 is 4.74 Å². The number of hydrogen-bond donors (Lipinski definition) is 1. The zero-order valence-electron chi connectivity index (χ0n) is 17.8. The molecule has 0 amide bonds. The molecule has 1 aromatic carbocycles. The van der Waals surface area contributed by atoms with Crippen molar-refractivity contribution in [1.29, 1.82) is 0 Å². The van der Waals surface area contributed by atoms with Crippen molar-refractivity contribution in [3.8, 4) is 22.9 Å². The second-order valence-corrected chi connectivity index (χ2v) is 8.23. The fraction of sp³-hybridized carbons (Fsp3) is 0.292. The Morgan fingerprint density at radius 1 is 1.16 bits per heavy atom. The van der Waals surface area contributed by atoms with Gasteiger partial charge in [0.15, 0.2) is 0 Å². The third-order valence-electron chi connectivity index (χ3n) is 5.89. The van der Waals surface area contributed by atoms with E-state index in [9.17, 15) is 0 Å². The number of aromatic amines is 1. The number of pyridine rings is 2. The molecule has 0 aliphatic carbocycles. The maximum Gasteiger partial charge on any atom is 0.219 e. The van der Waals surface area contributed by atoms with Crippen molar-refractivity contribution in [3.63, 3.8) is 0 Å². The molecule has 1 aliphatic heterocycles. The summed E-state index contributed by atoms with van der Waals surface area (Å²) in [5, 5.41) is 7.96. The Kier molecular flexibility index (Phi) is 5.36. The number of ether oxygens (including phenoxy) is 1. The molecular weight excluding hydrogens is 388 g/mol. The summed E-state index contributed by atoms with van der Waals surface area (Å²) in [5.74, 6) is 1.30. The number of likely N-dealkylation sites (tertiary alicyclic amines) is 1. The van der Waals surface area contributed by atoms with Crippen LogP contribution in [0.2, 0.25) is 0 Å². The van der Waals surface area contributed by atoms with Crippen molar-refractivity contribution < 1.29 is 4.74 Å². The molecule has 5 rings (SSSR count). The van der Waals surface area contributed by atoms with Crippen LogP contribution in [-0.4, -0.2) is 63.2 Å². The zero-order valence-corrected chi connectivity index (χ0v) is 17.8. The third-order valence-corrected chi connectivity index (χ3v) is 5.89. The van der Waals surface area contributed by atoms with Gasteiger partial charge in [-0.05, 0) is 63.5 Å². The summed E-state index contributed by atoms with van der Waals surface area (Å²) in [5.41, 5.74) is 3.96. The van der Waals surface area contributed by atoms with Crippen LogP contribution in [0.1, 0.15) is 12.1 Å². The molecule has 0 spiro atoms. The van der Waals surface area contributed by atoms with Crippen LogP contribution in [0.15, 0.2) is 60.9 Å². The van der Waals surface area contributed by atoms with E-state index in [2.05, 4.69) is 51.2 Å². The van der Waals surface area contributed by atoms with E-state index >= 15 is 0 Å². The SMILES string of the molecule is CN1CCC(N(C)Cc2ccc3cc(Oc4ccc(-c5ccn[nH]5)cn4)ccc3n2)C1. The molecule has 0 bridgehead atoms. The van der Waals surface area contributed by atoms with Crippen LogP contribution in [0, 0.1) is 0 Å². The second-order valence-electron chi connectivity index (χ2n) is 8.23. The van der Waals surface area contributed by atoms with Gasteiger partial charge in [-0.25, -0.2) is 4.98 Å². The Morgan fingerprint density at radius 2 is 2.10 bits per heavy atom. The predicted molar refractivity (Wildman–Crippen MR) is 121 cm³/mol. The van der Waals surface area contributed by atoms with Gasteiger partial charge < -0.3 is 9.64 Å². The summed E-state index contributed by atoms with van der Waals surface area (Å²) in [6.45, 7) is 3.16. The molecule has 0 saturated carbocycles. The van der Waals surface area contributed by atoms with Crippen LogP contribution in [-0.2, 0) is 6.54 Å². The van der Waals surface area contributed by atoms with E-state index in [0.717, 1.165) is 46.7 Å². The van der Waals surface area contributed by atoms with Gasteiger partial charge in [0.1, 0.15) is 5.75 Å². The molecule has 4 heterocycles. The molecule has 0 radical (unpaired) electrons. The Hall–Kier alpha value is -3.29. The van der Waals surface area contributed by atoms with Crippen molar-refractivity contribution in [2.75, 3.05) is 27.2 Å². The van der Waals surface area contributed by atoms with Gasteiger partial charge in [0, 0.05) is 48.5 Å². The molecular formula is C24H26N6O. The molecule has 7 nitrogen and oxygen atoms in total. The molecule has 1 unspecified atom stereocenters. The average molecular weight is 415 g/mol. The number of H-pyrrole nitrogens is 1. The molecule has 1 saturated heterocycles. The highest BCUT2D eigenvalue weighted by atomic mass is 16.5. The lowest BCUT2D eigenvalue weighted by atomic mass is 10.1. The summed E-state index contributed by atoms with van der Waals surface area (Å²) in [7, 11) is 4.38. The largest absolute Gasteiger partial charge is 0.439 e. The third kappa shape index (κ3) is 4.42. The fourth-order valence-electron chi connectivity index (χ4n) is 4.09. The number of fused-ring (bicyclic) bond motifs is 1. The molecule has 31 heavy (non-hydrogen) atoms. The van der Waals surface area contributed by atoms with Crippen molar-refractivity contribution >= 4 is 10.9 Å². The Balaban J connectivity index is 1.27. The summed E-state index contributed by atoms with van der Waals surface area (Å²) in [4.78, 5) is 14.1. The van der Waals surface area contributed by atoms with Crippen LogP contribution in [0.5, 0.6) is 11.6 Å². The van der Waals surface area contributed by atoms with Crippen LogP contribution in [0.4, 0.5) is 0 Å². The number of benzene rings is 1. The van der Waals surface area contributed by atoms with Crippen molar-refractivity contribution in [1.82, 2.24) is 30.0 Å². The Labute approximate surface area is 181 Å². The lowest BCUT2D eigenvalue weighted by molar-refractivity contribution is 0.232. The lowest BCUT2D eigenvalue weighted by Crippen LogP contribution is -2.33. The number of aromatic nitrogens is 4. The minimum absolute atomic E-state index is 0.551. The maximum atomic E-state index is 5.95. The average Bonchev–Trinajstić information content (AvgIpc) is 3.46. The van der Waals surface area contributed by atoms with E-state index in [-0.39, 0.29) is 0 Å². The van der Waals surface area contributed by atoms with Gasteiger partial charge in [0.25, 0.3) is 0 Å². The predicted octanol–water partition coefficient (Wildman–Crippen LogP) is 3.95. The van der Waals surface area contributed by atoms with Crippen LogP contribution >= 0.6 is 0 Å². The van der Waals surface area contributed by atoms with Gasteiger partial charge in [-0.3, -0.25) is 15.0 Å². The van der Waals surface area contributed by atoms with E-state index in [1.165, 1.54) is 13.0 Å². The Morgan fingerprint density at radius 3 is 2.84 bits per heavy atom. The summed E-state index contributed by atoms with van der Waals surface area (Å²) >= 11 is 0. The standard InChI is InChI=1S/C24H26N6O/c1-29-12-10-20(16-29)30(2)15-19-5-3-17-13-21(6-7-22(17)27-19)31-24-8-4-18(14-25-24)23-9-11-26-28-23/h3-9,11,13-14,20H,10,12,15-16H2,1-2H3,(H,26,28). The number of nitrogens with zero attached hydrogens (tertiary/aromatic N) is 5. The number of hydrogen-bond acceptors (Lipinski definition) is 6. The van der Waals surface area contributed by atoms with E-state index < -0.39 is 0 Å². The highest BCUT2D eigenvalue weighted by molar-refractivity contribution is 5.80. The summed E-state index contributed by atoms with van der Waals surface area (Å²) in [6.07, 6.45) is 4.72. The molecule has 7 heteroatoms. The smallest absolute Gasteiger partial charge is 0.219 e. The maximum absolute atomic E-state index is 5.95. The normalized spacial score (nSPS) is 16.9. The summed E-state index contributed by atoms with van der Waals surface area (Å²) < 4.78 is 5.95. The van der Waals surface area contributed by atoms with Crippen molar-refractivity contribution in [3.05, 3.63) is 66.6 Å². The number of rotatable bonds is 6. The zero-order chi connectivity index (χ0) is 21.2. The molecule has 1 aliphatic rings. The number of likely N-dealkylation sites (N-methyl/N-ethyl adjacent to an activating group) is 2. The van der Waals surface area contributed by atoms with Gasteiger partial charge in [-0.15, -0.1) is 0 Å². The van der Waals surface area contributed by atoms with Gasteiger partial charge in [0.2, 0.25) is 5.88 Å². The van der Waals surface area contributed by atoms with E-state index in [1.807, 2.05) is 36.4 Å². The first-order valence-electron chi connectivity index (χ1n) is 10.6. The minimum atomic E-state index is 0.551. The topological polar surface area (TPSA) is 70.2 Å². The molecule has 1 fully saturated rings. The number of nitrogens with one attached hydrogen (secondary N) is 1. The van der Waals surface area contributed by atoms with Crippen LogP contribution in [0.25, 0.3) is 22.2 Å².